The van der Waals surface area contributed by atoms with E-state index in [0.717, 1.165) is 50.9 Å². The van der Waals surface area contributed by atoms with Crippen molar-refractivity contribution in [1.82, 2.24) is 9.62 Å². The molecule has 0 atom stereocenters. The van der Waals surface area contributed by atoms with Crippen molar-refractivity contribution in [3.05, 3.63) is 54.1 Å². The van der Waals surface area contributed by atoms with Crippen LogP contribution in [-0.2, 0) is 6.42 Å². The van der Waals surface area contributed by atoms with Gasteiger partial charge in [-0.3, -0.25) is 0 Å². The zero-order valence-electron chi connectivity index (χ0n) is 16.8. The van der Waals surface area contributed by atoms with E-state index in [1.807, 2.05) is 11.9 Å². The lowest BCUT2D eigenvalue weighted by Crippen LogP contribution is -2.43. The predicted molar refractivity (Wildman–Crippen MR) is 118 cm³/mol. The smallest absolute Gasteiger partial charge is 0.142 e. The van der Waals surface area contributed by atoms with Crippen LogP contribution in [0.5, 0.6) is 5.75 Å². The Morgan fingerprint density at radius 2 is 1.75 bits per heavy atom. The molecular weight excluding hydrogens is 366 g/mol. The van der Waals surface area contributed by atoms with Crippen molar-refractivity contribution in [2.45, 2.75) is 24.2 Å². The van der Waals surface area contributed by atoms with Crippen LogP contribution in [0.15, 0.2) is 53.4 Å². The van der Waals surface area contributed by atoms with Gasteiger partial charge in [-0.15, -0.1) is 0 Å². The molecule has 28 heavy (non-hydrogen) atoms. The van der Waals surface area contributed by atoms with Crippen LogP contribution in [0.1, 0.15) is 18.4 Å². The van der Waals surface area contributed by atoms with Crippen LogP contribution in [-0.4, -0.2) is 50.7 Å². The van der Waals surface area contributed by atoms with Crippen molar-refractivity contribution in [1.29, 1.82) is 0 Å². The van der Waals surface area contributed by atoms with Gasteiger partial charge in [-0.05, 0) is 60.9 Å². The minimum atomic E-state index is 0.812. The quantitative estimate of drug-likeness (QED) is 0.742. The monoisotopic (exact) mass is 397 g/mol. The summed E-state index contributed by atoms with van der Waals surface area (Å²) < 4.78 is 8.16. The van der Waals surface area contributed by atoms with Crippen LogP contribution in [0.2, 0.25) is 0 Å². The molecule has 0 amide bonds. The number of hydrogen-bond acceptors (Lipinski definition) is 5. The van der Waals surface area contributed by atoms with Gasteiger partial charge in [-0.25, -0.2) is 4.31 Å². The van der Waals surface area contributed by atoms with Gasteiger partial charge in [-0.2, -0.15) is 0 Å². The lowest BCUT2D eigenvalue weighted by Gasteiger charge is -2.32. The molecule has 1 N–H and O–H groups in total. The molecular formula is C23H31N3OS. The second-order valence-corrected chi connectivity index (χ2v) is 8.89. The zero-order valence-corrected chi connectivity index (χ0v) is 17.6. The number of nitrogens with zero attached hydrogens (tertiary/aromatic N) is 2. The van der Waals surface area contributed by atoms with Crippen molar-refractivity contribution < 1.29 is 4.74 Å². The maximum Gasteiger partial charge on any atom is 0.142 e. The summed E-state index contributed by atoms with van der Waals surface area (Å²) in [5, 5.41) is 3.43. The minimum absolute atomic E-state index is 0.812. The third-order valence-electron chi connectivity index (χ3n) is 5.78. The topological polar surface area (TPSA) is 27.7 Å². The van der Waals surface area contributed by atoms with Gasteiger partial charge in [0.25, 0.3) is 0 Å². The number of benzene rings is 2. The number of piperazine rings is 1. The summed E-state index contributed by atoms with van der Waals surface area (Å²) >= 11 is 1.91. The molecule has 2 saturated heterocycles. The number of ether oxygens (including phenoxy) is 1. The second-order valence-electron chi connectivity index (χ2n) is 7.72. The first-order valence-electron chi connectivity index (χ1n) is 10.4. The number of methoxy groups -OCH3 is 1. The third-order valence-corrected chi connectivity index (χ3v) is 6.87. The van der Waals surface area contributed by atoms with Gasteiger partial charge in [0.15, 0.2) is 0 Å². The molecule has 150 valence electrons. The molecule has 4 nitrogen and oxygen atoms in total. The number of hydrogen-bond donors (Lipinski definition) is 1. The number of nitrogens with one attached hydrogen (secondary N) is 1. The molecule has 2 aliphatic rings. The Kier molecular flexibility index (Phi) is 6.78. The van der Waals surface area contributed by atoms with Gasteiger partial charge in [-0.1, -0.05) is 30.3 Å². The highest BCUT2D eigenvalue weighted by Crippen LogP contribution is 2.36. The van der Waals surface area contributed by atoms with Crippen molar-refractivity contribution >= 4 is 17.6 Å². The highest BCUT2D eigenvalue weighted by Gasteiger charge is 2.21. The maximum atomic E-state index is 5.63. The van der Waals surface area contributed by atoms with Crippen LogP contribution < -0.4 is 15.0 Å². The van der Waals surface area contributed by atoms with E-state index in [-0.39, 0.29) is 0 Å². The van der Waals surface area contributed by atoms with Crippen molar-refractivity contribution in [3.8, 4) is 5.75 Å². The van der Waals surface area contributed by atoms with Crippen LogP contribution in [0, 0.1) is 5.92 Å². The van der Waals surface area contributed by atoms with Gasteiger partial charge < -0.3 is 15.0 Å². The molecule has 2 heterocycles. The van der Waals surface area contributed by atoms with Crippen molar-refractivity contribution in [2.75, 3.05) is 51.3 Å². The van der Waals surface area contributed by atoms with Crippen LogP contribution in [0.4, 0.5) is 5.69 Å². The number of anilines is 1. The van der Waals surface area contributed by atoms with E-state index in [0.29, 0.717) is 0 Å². The summed E-state index contributed by atoms with van der Waals surface area (Å²) in [5.41, 5.74) is 2.71. The fourth-order valence-electron chi connectivity index (χ4n) is 4.18. The number of rotatable bonds is 6. The first-order chi connectivity index (χ1) is 13.8. The van der Waals surface area contributed by atoms with Crippen molar-refractivity contribution in [2.24, 2.45) is 5.92 Å². The average molecular weight is 398 g/mol. The van der Waals surface area contributed by atoms with Crippen LogP contribution in [0.25, 0.3) is 0 Å². The van der Waals surface area contributed by atoms with Gasteiger partial charge in [0.1, 0.15) is 5.75 Å². The van der Waals surface area contributed by atoms with E-state index in [1.165, 1.54) is 35.4 Å². The summed E-state index contributed by atoms with van der Waals surface area (Å²) in [5.74, 6) is 1.79. The van der Waals surface area contributed by atoms with Gasteiger partial charge >= 0.3 is 0 Å². The van der Waals surface area contributed by atoms with E-state index in [2.05, 4.69) is 63.1 Å². The summed E-state index contributed by atoms with van der Waals surface area (Å²) in [6, 6.07) is 17.6. The molecule has 0 bridgehead atoms. The second kappa shape index (κ2) is 9.68. The van der Waals surface area contributed by atoms with E-state index in [9.17, 15) is 0 Å². The molecule has 0 aromatic heterocycles. The van der Waals surface area contributed by atoms with Crippen LogP contribution >= 0.6 is 11.9 Å². The highest BCUT2D eigenvalue weighted by molar-refractivity contribution is 7.97. The Bertz CT molecular complexity index is 741. The fraction of sp³-hybridized carbons (Fsp3) is 0.478. The highest BCUT2D eigenvalue weighted by atomic mass is 32.2. The Labute approximate surface area is 173 Å². The van der Waals surface area contributed by atoms with Crippen LogP contribution in [0.3, 0.4) is 0 Å². The Balaban J connectivity index is 1.34. The molecule has 2 fully saturated rings. The summed E-state index contributed by atoms with van der Waals surface area (Å²) in [4.78, 5) is 3.75. The Morgan fingerprint density at radius 3 is 2.46 bits per heavy atom. The summed E-state index contributed by atoms with van der Waals surface area (Å²) in [6.07, 6.45) is 3.78. The summed E-state index contributed by atoms with van der Waals surface area (Å²) in [6.45, 7) is 6.48. The largest absolute Gasteiger partial charge is 0.495 e. The van der Waals surface area contributed by atoms with Crippen molar-refractivity contribution in [3.63, 3.8) is 0 Å². The standard InChI is InChI=1S/C23H31N3OS/c1-27-23-8-7-21(18-22(23)25-15-11-24-12-16-25)28-26-13-9-20(10-14-26)17-19-5-3-2-4-6-19/h2-8,18,20,24H,9-17H2,1H3. The Morgan fingerprint density at radius 1 is 1.00 bits per heavy atom. The molecule has 0 spiro atoms. The molecule has 2 aromatic carbocycles. The lowest BCUT2D eigenvalue weighted by atomic mass is 9.91. The van der Waals surface area contributed by atoms with E-state index < -0.39 is 0 Å². The maximum absolute atomic E-state index is 5.63. The van der Waals surface area contributed by atoms with Gasteiger partial charge in [0.2, 0.25) is 0 Å². The molecule has 2 aromatic rings. The predicted octanol–water partition coefficient (Wildman–Crippen LogP) is 4.07. The molecule has 0 radical (unpaired) electrons. The molecule has 2 aliphatic heterocycles. The normalized spacial score (nSPS) is 19.0. The fourth-order valence-corrected chi connectivity index (χ4v) is 5.17. The average Bonchev–Trinajstić information content (AvgIpc) is 2.76. The molecule has 0 saturated carbocycles. The van der Waals surface area contributed by atoms with E-state index in [4.69, 9.17) is 4.74 Å². The first kappa shape index (κ1) is 19.6. The third kappa shape index (κ3) is 5.02. The number of piperidine rings is 1. The van der Waals surface area contributed by atoms with E-state index >= 15 is 0 Å². The van der Waals surface area contributed by atoms with Gasteiger partial charge in [0, 0.05) is 44.2 Å². The SMILES string of the molecule is COc1ccc(SN2CCC(Cc3ccccc3)CC2)cc1N1CCNCC1. The zero-order chi connectivity index (χ0) is 19.2. The Hall–Kier alpha value is -1.69. The molecule has 4 rings (SSSR count). The van der Waals surface area contributed by atoms with E-state index in [1.54, 1.807) is 7.11 Å². The molecule has 0 aliphatic carbocycles. The minimum Gasteiger partial charge on any atom is -0.495 e. The first-order valence-corrected chi connectivity index (χ1v) is 11.2. The lowest BCUT2D eigenvalue weighted by molar-refractivity contribution is 0.290. The summed E-state index contributed by atoms with van der Waals surface area (Å²) in [7, 11) is 1.77. The molecule has 5 heteroatoms. The molecule has 0 unspecified atom stereocenters. The van der Waals surface area contributed by atoms with Gasteiger partial charge in [0.05, 0.1) is 12.8 Å².